The minimum Gasteiger partial charge on any atom is -0.377 e. The van der Waals surface area contributed by atoms with Crippen LogP contribution >= 0.6 is 0 Å². The van der Waals surface area contributed by atoms with E-state index in [2.05, 4.69) is 39.9 Å². The molecule has 0 aromatic heterocycles. The Bertz CT molecular complexity index is 305. The summed E-state index contributed by atoms with van der Waals surface area (Å²) in [6, 6.07) is 1.30. The van der Waals surface area contributed by atoms with Crippen molar-refractivity contribution in [2.75, 3.05) is 6.61 Å². The number of ether oxygens (including phenoxy) is 1. The second-order valence-corrected chi connectivity index (χ2v) is 8.53. The van der Waals surface area contributed by atoms with Crippen molar-refractivity contribution in [3.63, 3.8) is 0 Å². The third-order valence-corrected chi connectivity index (χ3v) is 5.88. The molecule has 2 unspecified atom stereocenters. The highest BCUT2D eigenvalue weighted by Crippen LogP contribution is 2.43. The standard InChI is InChI=1S/C19H37NO/c1-14(2)13-21-18-12-17(19(18,4)5)20-15(3)16-10-8-6-7-9-11-16/h14-18,20H,6-13H2,1-5H3/t15-,17?,18?/m0/s1. The Morgan fingerprint density at radius 3 is 2.19 bits per heavy atom. The van der Waals surface area contributed by atoms with Gasteiger partial charge in [0.15, 0.2) is 0 Å². The lowest BCUT2D eigenvalue weighted by Gasteiger charge is -2.53. The Morgan fingerprint density at radius 1 is 1.05 bits per heavy atom. The number of hydrogen-bond acceptors (Lipinski definition) is 2. The molecule has 0 amide bonds. The fourth-order valence-corrected chi connectivity index (χ4v) is 4.02. The van der Waals surface area contributed by atoms with Gasteiger partial charge in [0.25, 0.3) is 0 Å². The van der Waals surface area contributed by atoms with Crippen molar-refractivity contribution in [3.05, 3.63) is 0 Å². The average molecular weight is 296 g/mol. The molecule has 3 atom stereocenters. The van der Waals surface area contributed by atoms with E-state index >= 15 is 0 Å². The van der Waals surface area contributed by atoms with Crippen LogP contribution in [0.25, 0.3) is 0 Å². The zero-order chi connectivity index (χ0) is 15.5. The van der Waals surface area contributed by atoms with E-state index in [-0.39, 0.29) is 5.41 Å². The fraction of sp³-hybridized carbons (Fsp3) is 1.00. The lowest BCUT2D eigenvalue weighted by molar-refractivity contribution is -0.126. The molecule has 124 valence electrons. The predicted octanol–water partition coefficient (Wildman–Crippen LogP) is 4.77. The van der Waals surface area contributed by atoms with Gasteiger partial charge in [-0.15, -0.1) is 0 Å². The first-order chi connectivity index (χ1) is 9.91. The first kappa shape index (κ1) is 17.3. The molecule has 2 aliphatic carbocycles. The van der Waals surface area contributed by atoms with Crippen LogP contribution in [0.2, 0.25) is 0 Å². The van der Waals surface area contributed by atoms with Crippen molar-refractivity contribution in [3.8, 4) is 0 Å². The summed E-state index contributed by atoms with van der Waals surface area (Å²) in [5, 5.41) is 3.94. The average Bonchev–Trinajstić information content (AvgIpc) is 2.70. The summed E-state index contributed by atoms with van der Waals surface area (Å²) in [4.78, 5) is 0. The van der Waals surface area contributed by atoms with E-state index in [9.17, 15) is 0 Å². The van der Waals surface area contributed by atoms with Gasteiger partial charge >= 0.3 is 0 Å². The predicted molar refractivity (Wildman–Crippen MR) is 90.6 cm³/mol. The minimum atomic E-state index is 0.286. The molecule has 2 fully saturated rings. The van der Waals surface area contributed by atoms with Gasteiger partial charge in [-0.1, -0.05) is 53.4 Å². The lowest BCUT2D eigenvalue weighted by Crippen LogP contribution is -2.63. The van der Waals surface area contributed by atoms with E-state index in [1.54, 1.807) is 0 Å². The summed E-state index contributed by atoms with van der Waals surface area (Å²) in [5.74, 6) is 1.52. The van der Waals surface area contributed by atoms with Crippen molar-refractivity contribution in [2.24, 2.45) is 17.3 Å². The van der Waals surface area contributed by atoms with Crippen LogP contribution in [0.4, 0.5) is 0 Å². The molecule has 2 saturated carbocycles. The van der Waals surface area contributed by atoms with Gasteiger partial charge in [-0.3, -0.25) is 0 Å². The summed E-state index contributed by atoms with van der Waals surface area (Å²) in [6.07, 6.45) is 10.3. The second-order valence-electron chi connectivity index (χ2n) is 8.53. The van der Waals surface area contributed by atoms with E-state index < -0.39 is 0 Å². The third kappa shape index (κ3) is 4.45. The third-order valence-electron chi connectivity index (χ3n) is 5.88. The zero-order valence-electron chi connectivity index (χ0n) is 15.0. The molecule has 21 heavy (non-hydrogen) atoms. The summed E-state index contributed by atoms with van der Waals surface area (Å²) in [6.45, 7) is 12.5. The van der Waals surface area contributed by atoms with Gasteiger partial charge in [-0.2, -0.15) is 0 Å². The van der Waals surface area contributed by atoms with Crippen LogP contribution in [-0.4, -0.2) is 24.8 Å². The molecule has 2 aliphatic rings. The summed E-state index contributed by atoms with van der Waals surface area (Å²) in [7, 11) is 0. The normalized spacial score (nSPS) is 31.7. The molecule has 0 saturated heterocycles. The van der Waals surface area contributed by atoms with Crippen molar-refractivity contribution in [1.82, 2.24) is 5.32 Å². The van der Waals surface area contributed by atoms with Crippen LogP contribution in [-0.2, 0) is 4.74 Å². The van der Waals surface area contributed by atoms with Gasteiger partial charge in [0, 0.05) is 24.1 Å². The monoisotopic (exact) mass is 295 g/mol. The largest absolute Gasteiger partial charge is 0.377 e. The van der Waals surface area contributed by atoms with E-state index in [1.165, 1.54) is 44.9 Å². The van der Waals surface area contributed by atoms with E-state index in [0.717, 1.165) is 12.5 Å². The molecule has 0 spiro atoms. The summed E-state index contributed by atoms with van der Waals surface area (Å²) < 4.78 is 6.09. The van der Waals surface area contributed by atoms with Gasteiger partial charge in [-0.25, -0.2) is 0 Å². The quantitative estimate of drug-likeness (QED) is 0.712. The lowest BCUT2D eigenvalue weighted by atomic mass is 9.64. The molecule has 0 aromatic rings. The van der Waals surface area contributed by atoms with Crippen LogP contribution in [0.15, 0.2) is 0 Å². The molecule has 0 heterocycles. The highest BCUT2D eigenvalue weighted by Gasteiger charge is 2.49. The Kier molecular flexibility index (Phi) is 6.14. The van der Waals surface area contributed by atoms with Gasteiger partial charge in [-0.05, 0) is 38.0 Å². The Hall–Kier alpha value is -0.0800. The Balaban J connectivity index is 1.78. The fourth-order valence-electron chi connectivity index (χ4n) is 4.02. The molecule has 2 rings (SSSR count). The van der Waals surface area contributed by atoms with Gasteiger partial charge < -0.3 is 10.1 Å². The Morgan fingerprint density at radius 2 is 1.67 bits per heavy atom. The molecule has 2 nitrogen and oxygen atoms in total. The minimum absolute atomic E-state index is 0.286. The molecular weight excluding hydrogens is 258 g/mol. The van der Waals surface area contributed by atoms with E-state index in [0.29, 0.717) is 24.1 Å². The van der Waals surface area contributed by atoms with Crippen LogP contribution in [0.3, 0.4) is 0 Å². The van der Waals surface area contributed by atoms with Crippen molar-refractivity contribution in [2.45, 2.75) is 97.8 Å². The highest BCUT2D eigenvalue weighted by molar-refractivity contribution is 5.03. The molecule has 0 bridgehead atoms. The maximum atomic E-state index is 6.09. The van der Waals surface area contributed by atoms with Crippen LogP contribution < -0.4 is 5.32 Å². The van der Waals surface area contributed by atoms with E-state index in [4.69, 9.17) is 4.74 Å². The molecule has 0 radical (unpaired) electrons. The Labute approximate surface area is 132 Å². The van der Waals surface area contributed by atoms with Crippen molar-refractivity contribution in [1.29, 1.82) is 0 Å². The first-order valence-corrected chi connectivity index (χ1v) is 9.29. The van der Waals surface area contributed by atoms with Crippen molar-refractivity contribution >= 4 is 0 Å². The zero-order valence-corrected chi connectivity index (χ0v) is 15.0. The topological polar surface area (TPSA) is 21.3 Å². The van der Waals surface area contributed by atoms with Crippen molar-refractivity contribution < 1.29 is 4.74 Å². The smallest absolute Gasteiger partial charge is 0.0656 e. The molecule has 0 aromatic carbocycles. The molecule has 0 aliphatic heterocycles. The van der Waals surface area contributed by atoms with Gasteiger partial charge in [0.05, 0.1) is 6.10 Å². The molecular formula is C19H37NO. The summed E-state index contributed by atoms with van der Waals surface area (Å²) >= 11 is 0. The molecule has 2 heteroatoms. The maximum absolute atomic E-state index is 6.09. The SMILES string of the molecule is CC(C)COC1CC(N[C@@H](C)C2CCCCCC2)C1(C)C. The first-order valence-electron chi connectivity index (χ1n) is 9.29. The summed E-state index contributed by atoms with van der Waals surface area (Å²) in [5.41, 5.74) is 0.286. The van der Waals surface area contributed by atoms with Gasteiger partial charge in [0.2, 0.25) is 0 Å². The number of rotatable bonds is 6. The molecule has 1 N–H and O–H groups in total. The number of nitrogens with one attached hydrogen (secondary N) is 1. The highest BCUT2D eigenvalue weighted by atomic mass is 16.5. The van der Waals surface area contributed by atoms with Gasteiger partial charge in [0.1, 0.15) is 0 Å². The van der Waals surface area contributed by atoms with E-state index in [1.807, 2.05) is 0 Å². The maximum Gasteiger partial charge on any atom is 0.0656 e. The second kappa shape index (κ2) is 7.46. The van der Waals surface area contributed by atoms with Crippen LogP contribution in [0, 0.1) is 17.3 Å². The van der Waals surface area contributed by atoms with Crippen LogP contribution in [0.1, 0.15) is 79.6 Å². The van der Waals surface area contributed by atoms with Crippen LogP contribution in [0.5, 0.6) is 0 Å². The number of hydrogen-bond donors (Lipinski definition) is 1.